The van der Waals surface area contributed by atoms with Gasteiger partial charge in [-0.2, -0.15) is 0 Å². The van der Waals surface area contributed by atoms with E-state index in [-0.39, 0.29) is 5.82 Å². The molecule has 0 unspecified atom stereocenters. The van der Waals surface area contributed by atoms with Crippen molar-refractivity contribution in [3.63, 3.8) is 0 Å². The molecule has 0 amide bonds. The van der Waals surface area contributed by atoms with Gasteiger partial charge in [0.05, 0.1) is 18.1 Å². The van der Waals surface area contributed by atoms with Gasteiger partial charge in [-0.25, -0.2) is 9.37 Å². The average molecular weight is 482 g/mol. The number of hydrogen-bond acceptors (Lipinski definition) is 3. The minimum atomic E-state index is -0.191. The zero-order valence-corrected chi connectivity index (χ0v) is 21.2. The van der Waals surface area contributed by atoms with Crippen LogP contribution in [0.4, 0.5) is 10.1 Å². The number of allylic oxidation sites excluding steroid dienone is 1. The van der Waals surface area contributed by atoms with Crippen molar-refractivity contribution < 1.29 is 9.13 Å². The van der Waals surface area contributed by atoms with Crippen LogP contribution in [-0.2, 0) is 12.8 Å². The summed E-state index contributed by atoms with van der Waals surface area (Å²) in [5.74, 6) is 2.23. The van der Waals surface area contributed by atoms with E-state index in [2.05, 4.69) is 59.3 Å². The number of hydrogen-bond donors (Lipinski definition) is 1. The summed E-state index contributed by atoms with van der Waals surface area (Å²) in [5, 5.41) is 0. The molecule has 5 heteroatoms. The van der Waals surface area contributed by atoms with Crippen LogP contribution in [0.25, 0.3) is 34.1 Å². The van der Waals surface area contributed by atoms with Gasteiger partial charge in [0, 0.05) is 29.9 Å². The summed E-state index contributed by atoms with van der Waals surface area (Å²) in [5.41, 5.74) is 9.14. The number of nitrogens with one attached hydrogen (secondary N) is 1. The van der Waals surface area contributed by atoms with Crippen LogP contribution in [0.2, 0.25) is 0 Å². The number of imidazole rings is 1. The Kier molecular flexibility index (Phi) is 5.79. The fraction of sp³-hybridized carbons (Fsp3) is 0.323. The molecule has 4 nitrogen and oxygen atoms in total. The van der Waals surface area contributed by atoms with E-state index in [1.54, 1.807) is 13.2 Å². The highest BCUT2D eigenvalue weighted by Crippen LogP contribution is 2.37. The first-order valence-corrected chi connectivity index (χ1v) is 13.0. The third kappa shape index (κ3) is 4.06. The van der Waals surface area contributed by atoms with Crippen LogP contribution >= 0.6 is 0 Å². The van der Waals surface area contributed by atoms with Crippen LogP contribution in [0.3, 0.4) is 0 Å². The second kappa shape index (κ2) is 9.12. The van der Waals surface area contributed by atoms with Gasteiger partial charge in [-0.15, -0.1) is 0 Å². The number of nitrogens with zero attached hydrogens (tertiary/aromatic N) is 2. The van der Waals surface area contributed by atoms with Gasteiger partial charge in [-0.05, 0) is 90.3 Å². The van der Waals surface area contributed by atoms with Gasteiger partial charge >= 0.3 is 0 Å². The van der Waals surface area contributed by atoms with E-state index in [0.717, 1.165) is 70.3 Å². The number of aromatic nitrogens is 2. The molecule has 6 rings (SSSR count). The van der Waals surface area contributed by atoms with Gasteiger partial charge in [-0.3, -0.25) is 0 Å². The topological polar surface area (TPSA) is 41.2 Å². The molecule has 4 aromatic rings. The van der Waals surface area contributed by atoms with Crippen LogP contribution in [-0.4, -0.2) is 30.2 Å². The molecule has 1 fully saturated rings. The SMILES string of the molecule is CCc1cc(F)c(C2=Cc3ccc(-c4nc5ccc(N6CCC(C)CC6)cc5[nH]4)cc3C2)cc1OC. The number of halogens is 1. The van der Waals surface area contributed by atoms with Gasteiger partial charge in [0.15, 0.2) is 0 Å². The highest BCUT2D eigenvalue weighted by atomic mass is 19.1. The molecule has 0 saturated carbocycles. The highest BCUT2D eigenvalue weighted by Gasteiger charge is 2.21. The van der Waals surface area contributed by atoms with E-state index in [1.807, 2.05) is 13.0 Å². The maximum Gasteiger partial charge on any atom is 0.138 e. The Bertz CT molecular complexity index is 1480. The number of H-pyrrole nitrogens is 1. The molecule has 1 N–H and O–H groups in total. The van der Waals surface area contributed by atoms with E-state index < -0.39 is 0 Å². The molecule has 1 aliphatic carbocycles. The zero-order chi connectivity index (χ0) is 24.8. The summed E-state index contributed by atoms with van der Waals surface area (Å²) >= 11 is 0. The smallest absolute Gasteiger partial charge is 0.138 e. The first-order chi connectivity index (χ1) is 17.5. The Morgan fingerprint density at radius 3 is 2.69 bits per heavy atom. The van der Waals surface area contributed by atoms with Crippen molar-refractivity contribution in [3.05, 3.63) is 76.6 Å². The van der Waals surface area contributed by atoms with Crippen LogP contribution in [0.5, 0.6) is 5.75 Å². The minimum Gasteiger partial charge on any atom is -0.496 e. The number of benzene rings is 3. The van der Waals surface area contributed by atoms with Crippen molar-refractivity contribution >= 4 is 28.4 Å². The van der Waals surface area contributed by atoms with Gasteiger partial charge < -0.3 is 14.6 Å². The summed E-state index contributed by atoms with van der Waals surface area (Å²) in [4.78, 5) is 10.9. The van der Waals surface area contributed by atoms with E-state index in [1.165, 1.54) is 24.1 Å². The summed E-state index contributed by atoms with van der Waals surface area (Å²) in [6, 6.07) is 16.4. The lowest BCUT2D eigenvalue weighted by molar-refractivity contribution is 0.408. The molecule has 0 spiro atoms. The molecule has 1 saturated heterocycles. The van der Waals surface area contributed by atoms with Crippen LogP contribution < -0.4 is 9.64 Å². The summed E-state index contributed by atoms with van der Waals surface area (Å²) < 4.78 is 20.5. The van der Waals surface area contributed by atoms with Crippen LogP contribution in [0.15, 0.2) is 48.5 Å². The molecule has 0 bridgehead atoms. The Morgan fingerprint density at radius 1 is 1.08 bits per heavy atom. The van der Waals surface area contributed by atoms with Crippen molar-refractivity contribution in [2.45, 2.75) is 39.5 Å². The predicted octanol–water partition coefficient (Wildman–Crippen LogP) is 7.27. The van der Waals surface area contributed by atoms with Crippen molar-refractivity contribution in [1.29, 1.82) is 0 Å². The summed E-state index contributed by atoms with van der Waals surface area (Å²) in [7, 11) is 1.64. The molecule has 0 atom stereocenters. The summed E-state index contributed by atoms with van der Waals surface area (Å²) in [6.45, 7) is 6.57. The first kappa shape index (κ1) is 22.8. The Hall–Kier alpha value is -3.60. The molecule has 0 radical (unpaired) electrons. The lowest BCUT2D eigenvalue weighted by Crippen LogP contribution is -2.32. The van der Waals surface area contributed by atoms with Crippen LogP contribution in [0.1, 0.15) is 48.9 Å². The van der Waals surface area contributed by atoms with Gasteiger partial charge in [0.25, 0.3) is 0 Å². The maximum atomic E-state index is 15.0. The fourth-order valence-corrected chi connectivity index (χ4v) is 5.57. The van der Waals surface area contributed by atoms with E-state index >= 15 is 0 Å². The molecule has 36 heavy (non-hydrogen) atoms. The number of ether oxygens (including phenoxy) is 1. The van der Waals surface area contributed by atoms with Crippen molar-refractivity contribution in [2.75, 3.05) is 25.1 Å². The average Bonchev–Trinajstić information content (AvgIpc) is 3.52. The Labute approximate surface area is 211 Å². The number of aromatic amines is 1. The molecule has 3 aromatic carbocycles. The van der Waals surface area contributed by atoms with Crippen molar-refractivity contribution in [2.24, 2.45) is 5.92 Å². The van der Waals surface area contributed by atoms with E-state index in [9.17, 15) is 4.39 Å². The molecule has 1 aliphatic heterocycles. The second-order valence-electron chi connectivity index (χ2n) is 10.2. The number of fused-ring (bicyclic) bond motifs is 2. The largest absolute Gasteiger partial charge is 0.496 e. The van der Waals surface area contributed by atoms with Crippen LogP contribution in [0, 0.1) is 11.7 Å². The van der Waals surface area contributed by atoms with Gasteiger partial charge in [0.2, 0.25) is 0 Å². The lowest BCUT2D eigenvalue weighted by atomic mass is 9.99. The van der Waals surface area contributed by atoms with Gasteiger partial charge in [0.1, 0.15) is 17.4 Å². The van der Waals surface area contributed by atoms with Gasteiger partial charge in [-0.1, -0.05) is 32.1 Å². The standard InChI is InChI=1S/C31H32FN3O/c1-4-20-16-27(32)26(18-30(20)36-3)24-13-21-5-6-22(14-23(21)15-24)31-33-28-8-7-25(17-29(28)34-31)35-11-9-19(2)10-12-35/h5-8,13-14,16-19H,4,9-12,15H2,1-3H3,(H,33,34). The molecular formula is C31H32FN3O. The highest BCUT2D eigenvalue weighted by molar-refractivity contribution is 5.90. The number of rotatable bonds is 5. The van der Waals surface area contributed by atoms with Crippen molar-refractivity contribution in [1.82, 2.24) is 9.97 Å². The minimum absolute atomic E-state index is 0.191. The fourth-order valence-electron chi connectivity index (χ4n) is 5.57. The quantitative estimate of drug-likeness (QED) is 0.326. The lowest BCUT2D eigenvalue weighted by Gasteiger charge is -2.32. The molecule has 2 aliphatic rings. The first-order valence-electron chi connectivity index (χ1n) is 13.0. The third-order valence-electron chi connectivity index (χ3n) is 7.84. The van der Waals surface area contributed by atoms with Crippen molar-refractivity contribution in [3.8, 4) is 17.1 Å². The number of aryl methyl sites for hydroxylation is 1. The third-order valence-corrected chi connectivity index (χ3v) is 7.84. The maximum absolute atomic E-state index is 15.0. The number of anilines is 1. The second-order valence-corrected chi connectivity index (χ2v) is 10.2. The molecule has 1 aromatic heterocycles. The summed E-state index contributed by atoms with van der Waals surface area (Å²) in [6.07, 6.45) is 6.01. The molecule has 184 valence electrons. The molecular weight excluding hydrogens is 449 g/mol. The number of methoxy groups -OCH3 is 1. The molecule has 2 heterocycles. The monoisotopic (exact) mass is 481 g/mol. The Morgan fingerprint density at radius 2 is 1.92 bits per heavy atom. The normalized spacial score (nSPS) is 15.9. The zero-order valence-electron chi connectivity index (χ0n) is 21.2. The number of piperidine rings is 1. The predicted molar refractivity (Wildman–Crippen MR) is 146 cm³/mol. The van der Waals surface area contributed by atoms with E-state index in [0.29, 0.717) is 12.0 Å². The Balaban J connectivity index is 1.26. The van der Waals surface area contributed by atoms with E-state index in [4.69, 9.17) is 9.72 Å².